The number of fused-ring (bicyclic) bond motifs is 2. The zero-order valence-corrected chi connectivity index (χ0v) is 23.2. The van der Waals surface area contributed by atoms with Crippen LogP contribution in [0.4, 0.5) is 22.7 Å². The van der Waals surface area contributed by atoms with Crippen molar-refractivity contribution in [2.24, 2.45) is 12.0 Å². The van der Waals surface area contributed by atoms with E-state index >= 15 is 0 Å². The zero-order chi connectivity index (χ0) is 28.9. The summed E-state index contributed by atoms with van der Waals surface area (Å²) in [5.74, 6) is 0.362. The van der Waals surface area contributed by atoms with Gasteiger partial charge in [-0.25, -0.2) is 0 Å². The van der Waals surface area contributed by atoms with Crippen molar-refractivity contribution in [3.63, 3.8) is 0 Å². The summed E-state index contributed by atoms with van der Waals surface area (Å²) in [7, 11) is 3.26. The first-order valence-corrected chi connectivity index (χ1v) is 13.7. The van der Waals surface area contributed by atoms with Crippen molar-refractivity contribution in [2.45, 2.75) is 38.1 Å². The Morgan fingerprint density at radius 1 is 1.07 bits per heavy atom. The molecule has 5 rings (SSSR count). The lowest BCUT2D eigenvalue weighted by molar-refractivity contribution is -0.116. The Hall–Kier alpha value is -4.80. The van der Waals surface area contributed by atoms with Gasteiger partial charge < -0.3 is 35.3 Å². The SMILES string of the molecule is COc1cc2c(cc1OCCCC(=O)Nc1cc(C(=O)Nc3ccc(N)cc3)n(C)c1)N=CC1CCCCN1C2=O. The summed E-state index contributed by atoms with van der Waals surface area (Å²) in [6.07, 6.45) is 7.16. The first kappa shape index (κ1) is 27.8. The van der Waals surface area contributed by atoms with E-state index in [0.717, 1.165) is 25.8 Å². The average Bonchev–Trinajstić information content (AvgIpc) is 3.27. The van der Waals surface area contributed by atoms with Crippen molar-refractivity contribution in [1.29, 1.82) is 0 Å². The van der Waals surface area contributed by atoms with Crippen LogP contribution in [0.2, 0.25) is 0 Å². The van der Waals surface area contributed by atoms with Gasteiger partial charge in [0.1, 0.15) is 5.69 Å². The third kappa shape index (κ3) is 6.34. The molecule has 4 N–H and O–H groups in total. The van der Waals surface area contributed by atoms with Crippen LogP contribution < -0.4 is 25.8 Å². The molecule has 3 aromatic rings. The molecule has 0 aliphatic carbocycles. The summed E-state index contributed by atoms with van der Waals surface area (Å²) in [5, 5.41) is 5.64. The smallest absolute Gasteiger partial charge is 0.272 e. The Labute approximate surface area is 238 Å². The van der Waals surface area contributed by atoms with Gasteiger partial charge in [-0.1, -0.05) is 0 Å². The molecule has 0 radical (unpaired) electrons. The van der Waals surface area contributed by atoms with Gasteiger partial charge in [0.15, 0.2) is 11.5 Å². The Kier molecular flexibility index (Phi) is 8.23. The number of anilines is 3. The van der Waals surface area contributed by atoms with E-state index in [9.17, 15) is 14.4 Å². The van der Waals surface area contributed by atoms with Crippen molar-refractivity contribution in [1.82, 2.24) is 9.47 Å². The zero-order valence-electron chi connectivity index (χ0n) is 23.2. The summed E-state index contributed by atoms with van der Waals surface area (Å²) in [6.45, 7) is 0.984. The molecular weight excluding hydrogens is 524 g/mol. The number of ether oxygens (including phenoxy) is 2. The highest BCUT2D eigenvalue weighted by molar-refractivity contribution is 6.05. The monoisotopic (exact) mass is 558 g/mol. The van der Waals surface area contributed by atoms with E-state index in [1.165, 1.54) is 7.11 Å². The molecule has 214 valence electrons. The van der Waals surface area contributed by atoms with Gasteiger partial charge in [-0.3, -0.25) is 19.4 Å². The fourth-order valence-corrected chi connectivity index (χ4v) is 5.04. The van der Waals surface area contributed by atoms with Gasteiger partial charge in [0, 0.05) is 49.9 Å². The minimum Gasteiger partial charge on any atom is -0.493 e. The Balaban J connectivity index is 1.14. The third-order valence-corrected chi connectivity index (χ3v) is 7.20. The molecule has 11 nitrogen and oxygen atoms in total. The van der Waals surface area contributed by atoms with Crippen LogP contribution >= 0.6 is 0 Å². The average molecular weight is 559 g/mol. The number of carbonyl (C=O) groups is 3. The van der Waals surface area contributed by atoms with Crippen LogP contribution in [-0.2, 0) is 11.8 Å². The van der Waals surface area contributed by atoms with E-state index in [1.807, 2.05) is 11.1 Å². The Bertz CT molecular complexity index is 1480. The first-order valence-electron chi connectivity index (χ1n) is 13.7. The van der Waals surface area contributed by atoms with Gasteiger partial charge in [-0.2, -0.15) is 0 Å². The number of aliphatic imine (C=N–C) groups is 1. The molecule has 2 aliphatic heterocycles. The standard InChI is InChI=1S/C30H34N6O5/c1-35-18-21(14-25(35)29(38)34-20-10-8-19(31)9-11-20)33-28(37)7-5-13-41-27-16-24-23(15-26(27)40-2)30(39)36-12-4-3-6-22(36)17-32-24/h8-11,14-18,22H,3-7,12-13,31H2,1-2H3,(H,33,37)(H,34,38). The quantitative estimate of drug-likeness (QED) is 0.263. The summed E-state index contributed by atoms with van der Waals surface area (Å²) in [4.78, 5) is 44.9. The molecule has 0 bridgehead atoms. The van der Waals surface area contributed by atoms with Crippen molar-refractivity contribution >= 4 is 46.7 Å². The maximum absolute atomic E-state index is 13.2. The number of nitrogens with one attached hydrogen (secondary N) is 2. The van der Waals surface area contributed by atoms with E-state index in [-0.39, 0.29) is 36.8 Å². The third-order valence-electron chi connectivity index (χ3n) is 7.20. The van der Waals surface area contributed by atoms with Crippen molar-refractivity contribution in [3.8, 4) is 11.5 Å². The number of carbonyl (C=O) groups excluding carboxylic acids is 3. The lowest BCUT2D eigenvalue weighted by atomic mass is 10.0. The van der Waals surface area contributed by atoms with Crippen LogP contribution in [0.3, 0.4) is 0 Å². The van der Waals surface area contributed by atoms with Gasteiger partial charge in [0.25, 0.3) is 11.8 Å². The van der Waals surface area contributed by atoms with Crippen molar-refractivity contribution in [3.05, 3.63) is 59.9 Å². The van der Waals surface area contributed by atoms with Gasteiger partial charge in [0.05, 0.1) is 36.7 Å². The maximum Gasteiger partial charge on any atom is 0.272 e. The van der Waals surface area contributed by atoms with Crippen LogP contribution in [0, 0.1) is 0 Å². The lowest BCUT2D eigenvalue weighted by Crippen LogP contribution is -2.43. The highest BCUT2D eigenvalue weighted by Crippen LogP contribution is 2.38. The number of aromatic nitrogens is 1. The second-order valence-electron chi connectivity index (χ2n) is 10.2. The normalized spacial score (nSPS) is 15.9. The van der Waals surface area contributed by atoms with E-state index < -0.39 is 0 Å². The van der Waals surface area contributed by atoms with Crippen molar-refractivity contribution < 1.29 is 23.9 Å². The number of aryl methyl sites for hydroxylation is 1. The number of nitrogen functional groups attached to an aromatic ring is 1. The molecule has 0 spiro atoms. The molecule has 1 aromatic heterocycles. The number of nitrogens with two attached hydrogens (primary N) is 1. The molecular formula is C30H34N6O5. The van der Waals surface area contributed by atoms with E-state index in [1.54, 1.807) is 60.3 Å². The lowest BCUT2D eigenvalue weighted by Gasteiger charge is -2.32. The minimum absolute atomic E-state index is 0.0105. The summed E-state index contributed by atoms with van der Waals surface area (Å²) < 4.78 is 13.1. The topological polar surface area (TPSA) is 140 Å². The maximum atomic E-state index is 13.2. The Morgan fingerprint density at radius 3 is 2.66 bits per heavy atom. The summed E-state index contributed by atoms with van der Waals surface area (Å²) >= 11 is 0. The molecule has 0 saturated carbocycles. The second kappa shape index (κ2) is 12.2. The summed E-state index contributed by atoms with van der Waals surface area (Å²) in [6, 6.07) is 11.9. The van der Waals surface area contributed by atoms with E-state index in [2.05, 4.69) is 15.6 Å². The fraction of sp³-hybridized carbons (Fsp3) is 0.333. The predicted molar refractivity (Wildman–Crippen MR) is 157 cm³/mol. The van der Waals surface area contributed by atoms with Crippen LogP contribution in [0.5, 0.6) is 11.5 Å². The van der Waals surface area contributed by atoms with Crippen LogP contribution in [0.15, 0.2) is 53.7 Å². The Morgan fingerprint density at radius 2 is 1.88 bits per heavy atom. The number of hydrogen-bond donors (Lipinski definition) is 3. The summed E-state index contributed by atoms with van der Waals surface area (Å²) in [5.41, 5.74) is 8.89. The predicted octanol–water partition coefficient (Wildman–Crippen LogP) is 4.38. The molecule has 1 fully saturated rings. The molecule has 1 atom stereocenters. The van der Waals surface area contributed by atoms with Gasteiger partial charge in [-0.05, 0) is 62.1 Å². The number of amides is 3. The van der Waals surface area contributed by atoms with Crippen LogP contribution in [0.25, 0.3) is 0 Å². The molecule has 41 heavy (non-hydrogen) atoms. The van der Waals surface area contributed by atoms with Crippen LogP contribution in [0.1, 0.15) is 53.0 Å². The van der Waals surface area contributed by atoms with Crippen molar-refractivity contribution in [2.75, 3.05) is 36.6 Å². The molecule has 1 unspecified atom stereocenters. The molecule has 3 amide bonds. The van der Waals surface area contributed by atoms with E-state index in [0.29, 0.717) is 51.9 Å². The van der Waals surface area contributed by atoms with E-state index in [4.69, 9.17) is 15.2 Å². The van der Waals surface area contributed by atoms with Crippen LogP contribution in [-0.4, -0.2) is 59.7 Å². The fourth-order valence-electron chi connectivity index (χ4n) is 5.04. The van der Waals surface area contributed by atoms with Gasteiger partial charge in [0.2, 0.25) is 5.91 Å². The first-order chi connectivity index (χ1) is 19.8. The molecule has 11 heteroatoms. The highest BCUT2D eigenvalue weighted by Gasteiger charge is 2.31. The molecule has 2 aromatic carbocycles. The number of nitrogens with zero attached hydrogens (tertiary/aromatic N) is 3. The number of benzene rings is 2. The van der Waals surface area contributed by atoms with Gasteiger partial charge >= 0.3 is 0 Å². The minimum atomic E-state index is -0.303. The number of piperidine rings is 1. The number of methoxy groups -OCH3 is 1. The molecule has 3 heterocycles. The number of rotatable bonds is 9. The second-order valence-corrected chi connectivity index (χ2v) is 10.2. The molecule has 2 aliphatic rings. The number of hydrogen-bond acceptors (Lipinski definition) is 7. The largest absolute Gasteiger partial charge is 0.493 e. The van der Waals surface area contributed by atoms with Gasteiger partial charge in [-0.15, -0.1) is 0 Å². The highest BCUT2D eigenvalue weighted by atomic mass is 16.5. The molecule has 1 saturated heterocycles.